The van der Waals surface area contributed by atoms with Crippen molar-refractivity contribution in [2.24, 2.45) is 0 Å². The SMILES string of the molecule is CC1(C)OB(c2ccc3c(oc4c(-n5c6ccccc6c6ccccc65)cccc43)c2-n2c3ccccc3c3ccccc32)OC1(C)C. The largest absolute Gasteiger partial charge is 0.497 e. The van der Waals surface area contributed by atoms with Gasteiger partial charge in [0.1, 0.15) is 0 Å². The summed E-state index contributed by atoms with van der Waals surface area (Å²) in [6.45, 7) is 8.41. The fourth-order valence-corrected chi connectivity index (χ4v) is 7.76. The van der Waals surface area contributed by atoms with Crippen LogP contribution >= 0.6 is 0 Å². The molecule has 0 aliphatic carbocycles. The molecule has 0 bridgehead atoms. The van der Waals surface area contributed by atoms with Crippen molar-refractivity contribution < 1.29 is 13.7 Å². The highest BCUT2D eigenvalue weighted by molar-refractivity contribution is 6.64. The zero-order chi connectivity index (χ0) is 32.4. The number of rotatable bonds is 3. The topological polar surface area (TPSA) is 41.5 Å². The van der Waals surface area contributed by atoms with Crippen molar-refractivity contribution in [1.29, 1.82) is 0 Å². The van der Waals surface area contributed by atoms with E-state index in [0.29, 0.717) is 0 Å². The first-order valence-electron chi connectivity index (χ1n) is 16.6. The van der Waals surface area contributed by atoms with Crippen LogP contribution in [-0.4, -0.2) is 27.5 Å². The van der Waals surface area contributed by atoms with Crippen LogP contribution < -0.4 is 5.46 Å². The Balaban J connectivity index is 1.34. The van der Waals surface area contributed by atoms with Crippen molar-refractivity contribution in [3.05, 3.63) is 127 Å². The van der Waals surface area contributed by atoms with Gasteiger partial charge >= 0.3 is 7.12 Å². The summed E-state index contributed by atoms with van der Waals surface area (Å²) in [6, 6.07) is 45.2. The molecule has 0 saturated carbocycles. The molecule has 6 heteroatoms. The highest BCUT2D eigenvalue weighted by atomic mass is 16.7. The number of aromatic nitrogens is 2. The number of fused-ring (bicyclic) bond motifs is 9. The summed E-state index contributed by atoms with van der Waals surface area (Å²) >= 11 is 0. The smallest absolute Gasteiger partial charge is 0.452 e. The summed E-state index contributed by atoms with van der Waals surface area (Å²) in [5, 5.41) is 6.92. The van der Waals surface area contributed by atoms with Gasteiger partial charge in [-0.3, -0.25) is 0 Å². The fraction of sp³-hybridized carbons (Fsp3) is 0.143. The quantitative estimate of drug-likeness (QED) is 0.184. The van der Waals surface area contributed by atoms with Gasteiger partial charge in [0.15, 0.2) is 11.2 Å². The molecule has 9 aromatic rings. The lowest BCUT2D eigenvalue weighted by atomic mass is 9.77. The van der Waals surface area contributed by atoms with Crippen LogP contribution in [0.1, 0.15) is 27.7 Å². The van der Waals surface area contributed by atoms with E-state index in [2.05, 4.69) is 164 Å². The summed E-state index contributed by atoms with van der Waals surface area (Å²) in [4.78, 5) is 0. The molecule has 1 aliphatic heterocycles. The van der Waals surface area contributed by atoms with Crippen molar-refractivity contribution in [3.63, 3.8) is 0 Å². The molecular formula is C42H33BN2O3. The van der Waals surface area contributed by atoms with E-state index in [9.17, 15) is 0 Å². The highest BCUT2D eigenvalue weighted by Crippen LogP contribution is 2.43. The second-order valence-electron chi connectivity index (χ2n) is 14.0. The molecule has 232 valence electrons. The molecule has 10 rings (SSSR count). The van der Waals surface area contributed by atoms with Crippen molar-refractivity contribution >= 4 is 78.1 Å². The van der Waals surface area contributed by atoms with Gasteiger partial charge in [-0.25, -0.2) is 0 Å². The van der Waals surface area contributed by atoms with Gasteiger partial charge in [0.05, 0.1) is 44.6 Å². The van der Waals surface area contributed by atoms with Crippen LogP contribution in [0.4, 0.5) is 0 Å². The van der Waals surface area contributed by atoms with Crippen LogP contribution in [-0.2, 0) is 9.31 Å². The maximum atomic E-state index is 7.21. The lowest BCUT2D eigenvalue weighted by molar-refractivity contribution is 0.00578. The van der Waals surface area contributed by atoms with Gasteiger partial charge in [-0.2, -0.15) is 0 Å². The van der Waals surface area contributed by atoms with E-state index in [1.807, 2.05) is 0 Å². The maximum absolute atomic E-state index is 7.21. The highest BCUT2D eigenvalue weighted by Gasteiger charge is 2.52. The Morgan fingerprint density at radius 1 is 0.438 bits per heavy atom. The van der Waals surface area contributed by atoms with Crippen LogP contribution in [0, 0.1) is 0 Å². The van der Waals surface area contributed by atoms with Gasteiger partial charge < -0.3 is 22.9 Å². The van der Waals surface area contributed by atoms with Gasteiger partial charge in [-0.05, 0) is 58.0 Å². The summed E-state index contributed by atoms with van der Waals surface area (Å²) in [5.74, 6) is 0. The molecule has 6 aromatic carbocycles. The first kappa shape index (κ1) is 27.8. The Kier molecular flexibility index (Phi) is 5.57. The lowest BCUT2D eigenvalue weighted by Gasteiger charge is -2.32. The summed E-state index contributed by atoms with van der Waals surface area (Å²) in [5.41, 5.74) is 8.02. The number of hydrogen-bond donors (Lipinski definition) is 0. The molecule has 1 aliphatic rings. The van der Waals surface area contributed by atoms with Crippen LogP contribution in [0.3, 0.4) is 0 Å². The number of hydrogen-bond acceptors (Lipinski definition) is 3. The minimum absolute atomic E-state index is 0.498. The number of furan rings is 1. The molecule has 48 heavy (non-hydrogen) atoms. The van der Waals surface area contributed by atoms with Gasteiger partial charge in [0, 0.05) is 37.8 Å². The minimum Gasteiger partial charge on any atom is -0.452 e. The predicted molar refractivity (Wildman–Crippen MR) is 198 cm³/mol. The molecule has 0 atom stereocenters. The number of nitrogens with zero attached hydrogens (tertiary/aromatic N) is 2. The van der Waals surface area contributed by atoms with E-state index < -0.39 is 18.3 Å². The Morgan fingerprint density at radius 2 is 0.875 bits per heavy atom. The third-order valence-corrected chi connectivity index (χ3v) is 10.8. The molecule has 0 radical (unpaired) electrons. The van der Waals surface area contributed by atoms with Crippen molar-refractivity contribution in [3.8, 4) is 11.4 Å². The van der Waals surface area contributed by atoms with Crippen LogP contribution in [0.15, 0.2) is 132 Å². The Labute approximate surface area is 278 Å². The molecule has 1 saturated heterocycles. The second-order valence-corrected chi connectivity index (χ2v) is 14.0. The summed E-state index contributed by atoms with van der Waals surface area (Å²) in [6.07, 6.45) is 0. The van der Waals surface area contributed by atoms with Gasteiger partial charge in [-0.15, -0.1) is 0 Å². The van der Waals surface area contributed by atoms with E-state index in [1.165, 1.54) is 21.5 Å². The third-order valence-electron chi connectivity index (χ3n) is 10.8. The molecule has 5 nitrogen and oxygen atoms in total. The molecule has 4 heterocycles. The van der Waals surface area contributed by atoms with Crippen LogP contribution in [0.25, 0.3) is 76.9 Å². The van der Waals surface area contributed by atoms with E-state index in [-0.39, 0.29) is 0 Å². The average molecular weight is 625 g/mol. The van der Waals surface area contributed by atoms with E-state index in [1.54, 1.807) is 0 Å². The Bertz CT molecular complexity index is 2640. The normalized spacial score (nSPS) is 16.0. The van der Waals surface area contributed by atoms with Gasteiger partial charge in [-0.1, -0.05) is 97.1 Å². The van der Waals surface area contributed by atoms with Crippen LogP contribution in [0.5, 0.6) is 0 Å². The Hall–Kier alpha value is -5.30. The zero-order valence-corrected chi connectivity index (χ0v) is 27.3. The van der Waals surface area contributed by atoms with Crippen molar-refractivity contribution in [2.45, 2.75) is 38.9 Å². The number of benzene rings is 6. The molecule has 0 amide bonds. The number of para-hydroxylation sites is 5. The second kappa shape index (κ2) is 9.63. The third kappa shape index (κ3) is 3.64. The summed E-state index contributed by atoms with van der Waals surface area (Å²) in [7, 11) is -0.584. The minimum atomic E-state index is -0.584. The van der Waals surface area contributed by atoms with E-state index in [4.69, 9.17) is 13.7 Å². The van der Waals surface area contributed by atoms with Gasteiger partial charge in [0.2, 0.25) is 0 Å². The molecule has 0 unspecified atom stereocenters. The molecule has 3 aromatic heterocycles. The molecule has 1 fully saturated rings. The molecule has 0 spiro atoms. The fourth-order valence-electron chi connectivity index (χ4n) is 7.76. The molecular weight excluding hydrogens is 591 g/mol. The van der Waals surface area contributed by atoms with Crippen molar-refractivity contribution in [2.75, 3.05) is 0 Å². The monoisotopic (exact) mass is 624 g/mol. The standard InChI is InChI=1S/C42H33BN2O3/c1-41(2)42(3,4)48-43(47-41)32-25-24-31-30-18-13-23-37(44-33-19-9-5-14-26(33)27-15-6-10-20-34(27)44)39(30)46-40(31)38(32)45-35-21-11-7-16-28(35)29-17-8-12-22-36(29)45/h5-25H,1-4H3. The Morgan fingerprint density at radius 3 is 1.40 bits per heavy atom. The zero-order valence-electron chi connectivity index (χ0n) is 27.3. The summed E-state index contributed by atoms with van der Waals surface area (Å²) < 4.78 is 25.4. The molecule has 0 N–H and O–H groups in total. The van der Waals surface area contributed by atoms with Gasteiger partial charge in [0.25, 0.3) is 0 Å². The average Bonchev–Trinajstić information content (AvgIpc) is 3.80. The van der Waals surface area contributed by atoms with E-state index >= 15 is 0 Å². The lowest BCUT2D eigenvalue weighted by Crippen LogP contribution is -2.41. The first-order chi connectivity index (χ1) is 23.3. The van der Waals surface area contributed by atoms with Crippen LogP contribution in [0.2, 0.25) is 0 Å². The maximum Gasteiger partial charge on any atom is 0.497 e. The van der Waals surface area contributed by atoms with Crippen molar-refractivity contribution in [1.82, 2.24) is 9.13 Å². The first-order valence-corrected chi connectivity index (χ1v) is 16.6. The predicted octanol–water partition coefficient (Wildman–Crippen LogP) is 10.1. The van der Waals surface area contributed by atoms with E-state index in [0.717, 1.165) is 60.8 Å².